The zero-order valence-corrected chi connectivity index (χ0v) is 5.73. The van der Waals surface area contributed by atoms with E-state index in [2.05, 4.69) is 4.74 Å². The van der Waals surface area contributed by atoms with Gasteiger partial charge < -0.3 is 10.5 Å². The minimum atomic E-state index is -2.90. The van der Waals surface area contributed by atoms with Crippen LogP contribution in [0.5, 0.6) is 0 Å². The maximum Gasteiger partial charge on any atom is 0.331 e. The van der Waals surface area contributed by atoms with Gasteiger partial charge in [0, 0.05) is 0 Å². The van der Waals surface area contributed by atoms with E-state index in [-0.39, 0.29) is 0 Å². The average Bonchev–Trinajstić information content (AvgIpc) is 1.86. The summed E-state index contributed by atoms with van der Waals surface area (Å²) < 4.78 is 27.7. The Kier molecular flexibility index (Phi) is 2.71. The van der Waals surface area contributed by atoms with Crippen LogP contribution in [0.3, 0.4) is 0 Å². The topological polar surface area (TPSA) is 52.3 Å². The number of methoxy groups -OCH3 is 1. The van der Waals surface area contributed by atoms with Gasteiger partial charge in [-0.25, -0.2) is 13.6 Å². The first-order valence-corrected chi connectivity index (χ1v) is 2.58. The molecule has 0 saturated carbocycles. The summed E-state index contributed by atoms with van der Waals surface area (Å²) in [4.78, 5) is 10.4. The van der Waals surface area contributed by atoms with Crippen LogP contribution in [0.1, 0.15) is 6.92 Å². The predicted octanol–water partition coefficient (Wildman–Crippen LogP) is 0.142. The van der Waals surface area contributed by atoms with E-state index in [9.17, 15) is 13.6 Å². The van der Waals surface area contributed by atoms with E-state index in [1.165, 1.54) is 0 Å². The number of hydrogen-bond acceptors (Lipinski definition) is 3. The zero-order valence-electron chi connectivity index (χ0n) is 5.73. The Hall–Kier alpha value is -0.710. The highest BCUT2D eigenvalue weighted by Crippen LogP contribution is 2.12. The van der Waals surface area contributed by atoms with Crippen molar-refractivity contribution in [3.05, 3.63) is 0 Å². The normalized spacial score (nSPS) is 16.6. The minimum Gasteiger partial charge on any atom is -0.467 e. The molecule has 1 atom stereocenters. The monoisotopic (exact) mass is 153 g/mol. The van der Waals surface area contributed by atoms with Crippen molar-refractivity contribution < 1.29 is 18.3 Å². The molecule has 0 aliphatic carbocycles. The van der Waals surface area contributed by atoms with Gasteiger partial charge in [-0.2, -0.15) is 0 Å². The largest absolute Gasteiger partial charge is 0.467 e. The van der Waals surface area contributed by atoms with E-state index in [1.54, 1.807) is 0 Å². The van der Waals surface area contributed by atoms with Crippen molar-refractivity contribution in [1.29, 1.82) is 0 Å². The molecule has 2 N–H and O–H groups in total. The first-order valence-electron chi connectivity index (χ1n) is 2.58. The molecule has 0 heterocycles. The lowest BCUT2D eigenvalue weighted by molar-refractivity contribution is -0.152. The lowest BCUT2D eigenvalue weighted by Gasteiger charge is -2.19. The molecule has 1 unspecified atom stereocenters. The Bertz CT molecular complexity index is 136. The van der Waals surface area contributed by atoms with Crippen LogP contribution in [-0.2, 0) is 9.53 Å². The quantitative estimate of drug-likeness (QED) is 0.574. The number of alkyl halides is 2. The van der Waals surface area contributed by atoms with Crippen LogP contribution < -0.4 is 5.73 Å². The van der Waals surface area contributed by atoms with Crippen molar-refractivity contribution in [3.63, 3.8) is 0 Å². The number of nitrogens with two attached hydrogens (primary N) is 1. The standard InChI is InChI=1S/C5H9F2NO2/c1-5(8,3(6)7)4(9)10-2/h3H,8H2,1-2H3. The summed E-state index contributed by atoms with van der Waals surface area (Å²) in [5, 5.41) is 0. The third-order valence-electron chi connectivity index (χ3n) is 1.08. The fraction of sp³-hybridized carbons (Fsp3) is 0.800. The fourth-order valence-electron chi connectivity index (χ4n) is 0.309. The molecule has 0 rings (SSSR count). The number of halogens is 2. The smallest absolute Gasteiger partial charge is 0.331 e. The summed E-state index contributed by atoms with van der Waals surface area (Å²) >= 11 is 0. The third-order valence-corrected chi connectivity index (χ3v) is 1.08. The SMILES string of the molecule is COC(=O)C(C)(N)C(F)F. The zero-order chi connectivity index (χ0) is 8.36. The molecule has 0 fully saturated rings. The summed E-state index contributed by atoms with van der Waals surface area (Å²) in [6.07, 6.45) is -2.90. The number of carbonyl (C=O) groups excluding carboxylic acids is 1. The lowest BCUT2D eigenvalue weighted by Crippen LogP contribution is -2.51. The Morgan fingerprint density at radius 1 is 1.70 bits per heavy atom. The van der Waals surface area contributed by atoms with E-state index in [0.29, 0.717) is 0 Å². The molecule has 0 spiro atoms. The molecular formula is C5H9F2NO2. The average molecular weight is 153 g/mol. The molecule has 0 bridgehead atoms. The van der Waals surface area contributed by atoms with Crippen LogP contribution in [0.15, 0.2) is 0 Å². The predicted molar refractivity (Wildman–Crippen MR) is 30.6 cm³/mol. The molecular weight excluding hydrogens is 144 g/mol. The maximum atomic E-state index is 11.8. The molecule has 0 aliphatic rings. The second kappa shape index (κ2) is 2.92. The van der Waals surface area contributed by atoms with E-state index in [0.717, 1.165) is 14.0 Å². The van der Waals surface area contributed by atoms with Crippen molar-refractivity contribution in [2.45, 2.75) is 18.9 Å². The van der Waals surface area contributed by atoms with Crippen molar-refractivity contribution in [1.82, 2.24) is 0 Å². The summed E-state index contributed by atoms with van der Waals surface area (Å²) in [5.74, 6) is -1.11. The van der Waals surface area contributed by atoms with Gasteiger partial charge in [0.1, 0.15) is 0 Å². The highest BCUT2D eigenvalue weighted by Gasteiger charge is 2.39. The Morgan fingerprint density at radius 2 is 2.10 bits per heavy atom. The van der Waals surface area contributed by atoms with Gasteiger partial charge in [0.05, 0.1) is 7.11 Å². The van der Waals surface area contributed by atoms with Crippen molar-refractivity contribution >= 4 is 5.97 Å². The van der Waals surface area contributed by atoms with Crippen LogP contribution in [0.2, 0.25) is 0 Å². The number of esters is 1. The Balaban J connectivity index is 4.24. The summed E-state index contributed by atoms with van der Waals surface area (Å²) in [6.45, 7) is 0.920. The molecule has 0 aromatic rings. The summed E-state index contributed by atoms with van der Waals surface area (Å²) in [6, 6.07) is 0. The van der Waals surface area contributed by atoms with E-state index >= 15 is 0 Å². The number of carbonyl (C=O) groups is 1. The van der Waals surface area contributed by atoms with Gasteiger partial charge in [-0.1, -0.05) is 0 Å². The second-order valence-electron chi connectivity index (χ2n) is 2.07. The Labute approximate surface area is 57.1 Å². The molecule has 0 aromatic heterocycles. The van der Waals surface area contributed by atoms with E-state index < -0.39 is 17.9 Å². The first kappa shape index (κ1) is 9.29. The van der Waals surface area contributed by atoms with Crippen molar-refractivity contribution in [2.24, 2.45) is 5.73 Å². The van der Waals surface area contributed by atoms with Gasteiger partial charge in [-0.15, -0.1) is 0 Å². The van der Waals surface area contributed by atoms with E-state index in [4.69, 9.17) is 5.73 Å². The number of hydrogen-bond donors (Lipinski definition) is 1. The summed E-state index contributed by atoms with van der Waals surface area (Å²) in [7, 11) is 1.01. The fourth-order valence-corrected chi connectivity index (χ4v) is 0.309. The highest BCUT2D eigenvalue weighted by atomic mass is 19.3. The van der Waals surface area contributed by atoms with Gasteiger partial charge in [0.15, 0.2) is 5.54 Å². The van der Waals surface area contributed by atoms with Crippen LogP contribution in [0, 0.1) is 0 Å². The van der Waals surface area contributed by atoms with Crippen LogP contribution in [-0.4, -0.2) is 25.0 Å². The minimum absolute atomic E-state index is 0.920. The second-order valence-corrected chi connectivity index (χ2v) is 2.07. The van der Waals surface area contributed by atoms with Gasteiger partial charge >= 0.3 is 5.97 Å². The molecule has 0 aromatic carbocycles. The van der Waals surface area contributed by atoms with Crippen molar-refractivity contribution in [3.8, 4) is 0 Å². The number of ether oxygens (including phenoxy) is 1. The number of rotatable bonds is 2. The molecule has 0 amide bonds. The third kappa shape index (κ3) is 1.63. The lowest BCUT2D eigenvalue weighted by atomic mass is 10.1. The van der Waals surface area contributed by atoms with Gasteiger partial charge in [0.2, 0.25) is 0 Å². The molecule has 3 nitrogen and oxygen atoms in total. The molecule has 0 aliphatic heterocycles. The molecule has 5 heteroatoms. The van der Waals surface area contributed by atoms with Crippen LogP contribution in [0.25, 0.3) is 0 Å². The maximum absolute atomic E-state index is 11.8. The summed E-state index contributed by atoms with van der Waals surface area (Å²) in [5.41, 5.74) is 2.70. The highest BCUT2D eigenvalue weighted by molar-refractivity contribution is 5.80. The van der Waals surface area contributed by atoms with Gasteiger partial charge in [-0.3, -0.25) is 0 Å². The Morgan fingerprint density at radius 3 is 2.20 bits per heavy atom. The first-order chi connectivity index (χ1) is 4.42. The van der Waals surface area contributed by atoms with Gasteiger partial charge in [-0.05, 0) is 6.92 Å². The van der Waals surface area contributed by atoms with E-state index in [1.807, 2.05) is 0 Å². The van der Waals surface area contributed by atoms with Gasteiger partial charge in [0.25, 0.3) is 6.43 Å². The molecule has 0 radical (unpaired) electrons. The molecule has 0 saturated heterocycles. The van der Waals surface area contributed by atoms with Crippen molar-refractivity contribution in [2.75, 3.05) is 7.11 Å². The molecule has 10 heavy (non-hydrogen) atoms. The van der Waals surface area contributed by atoms with Crippen LogP contribution in [0.4, 0.5) is 8.78 Å². The van der Waals surface area contributed by atoms with Crippen LogP contribution >= 0.6 is 0 Å². The molecule has 60 valence electrons.